The molecule has 4 N–H and O–H groups in total. The fraction of sp³-hybridized carbons (Fsp3) is 0.818. The maximum atomic E-state index is 12.1. The predicted molar refractivity (Wildman–Crippen MR) is 163 cm³/mol. The molecule has 0 bridgehead atoms. The van der Waals surface area contributed by atoms with Gasteiger partial charge in [0, 0.05) is 13.2 Å². The van der Waals surface area contributed by atoms with Crippen LogP contribution in [0.4, 0.5) is 0 Å². The van der Waals surface area contributed by atoms with Crippen molar-refractivity contribution in [3.63, 3.8) is 0 Å². The highest BCUT2D eigenvalue weighted by Gasteiger charge is 2.38. The highest BCUT2D eigenvalue weighted by molar-refractivity contribution is 5.89. The molecule has 2 amide bonds. The maximum absolute atomic E-state index is 12.1. The summed E-state index contributed by atoms with van der Waals surface area (Å²) in [5.74, 6) is -0.120. The molecule has 6 nitrogen and oxygen atoms in total. The number of unbranched alkanes of at least 4 members (excludes halogenated alkanes) is 20. The van der Waals surface area contributed by atoms with E-state index in [1.807, 2.05) is 12.2 Å². The Morgan fingerprint density at radius 2 is 0.769 bits per heavy atom. The number of aliphatic hydroxyl groups is 2. The number of rotatable bonds is 28. The zero-order valence-corrected chi connectivity index (χ0v) is 24.9. The lowest BCUT2D eigenvalue weighted by Crippen LogP contribution is -2.33. The van der Waals surface area contributed by atoms with Gasteiger partial charge in [-0.15, -0.1) is 0 Å². The highest BCUT2D eigenvalue weighted by atomic mass is 16.3. The molecule has 0 aromatic carbocycles. The van der Waals surface area contributed by atoms with E-state index in [9.17, 15) is 9.59 Å². The first-order chi connectivity index (χ1) is 19.2. The van der Waals surface area contributed by atoms with E-state index in [4.69, 9.17) is 10.2 Å². The van der Waals surface area contributed by atoms with E-state index < -0.39 is 0 Å². The Hall–Kier alpha value is -1.66. The summed E-state index contributed by atoms with van der Waals surface area (Å²) in [5.41, 5.74) is 0. The summed E-state index contributed by atoms with van der Waals surface area (Å²) in [6.07, 6.45) is 34.2. The van der Waals surface area contributed by atoms with Crippen molar-refractivity contribution in [2.45, 2.75) is 160 Å². The normalized spacial score (nSPS) is 16.8. The Morgan fingerprint density at radius 1 is 0.487 bits per heavy atom. The van der Waals surface area contributed by atoms with E-state index >= 15 is 0 Å². The lowest BCUT2D eigenvalue weighted by molar-refractivity contribution is -0.118. The molecule has 0 unspecified atom stereocenters. The Balaban J connectivity index is 1.89. The van der Waals surface area contributed by atoms with Crippen LogP contribution in [-0.2, 0) is 9.59 Å². The lowest BCUT2D eigenvalue weighted by Gasteiger charge is -2.03. The van der Waals surface area contributed by atoms with Crippen LogP contribution in [0.3, 0.4) is 0 Å². The second kappa shape index (κ2) is 26.6. The van der Waals surface area contributed by atoms with Crippen molar-refractivity contribution in [2.24, 2.45) is 0 Å². The molecule has 0 spiro atoms. The van der Waals surface area contributed by atoms with Crippen LogP contribution in [0.1, 0.15) is 148 Å². The molecule has 0 radical (unpaired) electrons. The smallest absolute Gasteiger partial charge is 0.243 e. The SMILES string of the molecule is O=C(C=CCCCCCCCCCCCCO)N[C@H]1C[C@H]1NC(=O)C=CCCCCCCCCCCCCO. The van der Waals surface area contributed by atoms with Gasteiger partial charge in [-0.25, -0.2) is 0 Å². The molecule has 1 aliphatic rings. The van der Waals surface area contributed by atoms with Gasteiger partial charge in [0.25, 0.3) is 0 Å². The molecule has 1 aliphatic carbocycles. The second-order valence-electron chi connectivity index (χ2n) is 11.4. The largest absolute Gasteiger partial charge is 0.396 e. The molecular formula is C33H60N2O4. The summed E-state index contributed by atoms with van der Waals surface area (Å²) < 4.78 is 0. The number of hydrogen-bond acceptors (Lipinski definition) is 4. The van der Waals surface area contributed by atoms with Crippen LogP contribution in [0, 0.1) is 0 Å². The topological polar surface area (TPSA) is 98.7 Å². The van der Waals surface area contributed by atoms with Gasteiger partial charge in [0.1, 0.15) is 0 Å². The van der Waals surface area contributed by atoms with Crippen molar-refractivity contribution in [3.05, 3.63) is 24.3 Å². The van der Waals surface area contributed by atoms with Crippen molar-refractivity contribution < 1.29 is 19.8 Å². The van der Waals surface area contributed by atoms with E-state index in [1.165, 1.54) is 89.9 Å². The summed E-state index contributed by atoms with van der Waals surface area (Å²) in [7, 11) is 0. The van der Waals surface area contributed by atoms with Crippen molar-refractivity contribution in [3.8, 4) is 0 Å². The van der Waals surface area contributed by atoms with Gasteiger partial charge in [0.05, 0.1) is 12.1 Å². The number of carbonyl (C=O) groups is 2. The Kier molecular flexibility index (Phi) is 24.1. The van der Waals surface area contributed by atoms with Gasteiger partial charge in [-0.05, 0) is 57.1 Å². The molecule has 226 valence electrons. The van der Waals surface area contributed by atoms with E-state index in [1.54, 1.807) is 12.2 Å². The molecule has 2 atom stereocenters. The predicted octanol–water partition coefficient (Wildman–Crippen LogP) is 7.04. The van der Waals surface area contributed by atoms with Gasteiger partial charge in [-0.2, -0.15) is 0 Å². The van der Waals surface area contributed by atoms with Crippen LogP contribution in [0.25, 0.3) is 0 Å². The molecule has 1 rings (SSSR count). The number of aliphatic hydroxyl groups excluding tert-OH is 2. The summed E-state index contributed by atoms with van der Waals surface area (Å²) in [5, 5.41) is 23.5. The minimum Gasteiger partial charge on any atom is -0.396 e. The summed E-state index contributed by atoms with van der Waals surface area (Å²) in [6.45, 7) is 0.646. The van der Waals surface area contributed by atoms with Gasteiger partial charge < -0.3 is 20.8 Å². The second-order valence-corrected chi connectivity index (χ2v) is 11.4. The van der Waals surface area contributed by atoms with Gasteiger partial charge in [0.2, 0.25) is 11.8 Å². The molecule has 0 aromatic heterocycles. The third-order valence-electron chi connectivity index (χ3n) is 7.54. The molecule has 1 fully saturated rings. The average Bonchev–Trinajstić information content (AvgIpc) is 3.65. The minimum atomic E-state index is -0.0600. The molecule has 1 saturated carbocycles. The zero-order chi connectivity index (χ0) is 28.2. The average molecular weight is 549 g/mol. The Bertz CT molecular complexity index is 596. The van der Waals surface area contributed by atoms with Crippen LogP contribution in [-0.4, -0.2) is 47.3 Å². The Morgan fingerprint density at radius 3 is 1.08 bits per heavy atom. The number of carbonyl (C=O) groups excluding carboxylic acids is 2. The van der Waals surface area contributed by atoms with Crippen molar-refractivity contribution in [2.75, 3.05) is 13.2 Å². The minimum absolute atomic E-state index is 0.0535. The molecule has 0 saturated heterocycles. The fourth-order valence-corrected chi connectivity index (χ4v) is 4.93. The van der Waals surface area contributed by atoms with Crippen molar-refractivity contribution >= 4 is 11.8 Å². The van der Waals surface area contributed by atoms with Gasteiger partial charge in [-0.1, -0.05) is 115 Å². The van der Waals surface area contributed by atoms with E-state index in [-0.39, 0.29) is 23.9 Å². The van der Waals surface area contributed by atoms with Crippen LogP contribution >= 0.6 is 0 Å². The van der Waals surface area contributed by atoms with Gasteiger partial charge in [-0.3, -0.25) is 9.59 Å². The zero-order valence-electron chi connectivity index (χ0n) is 24.9. The maximum Gasteiger partial charge on any atom is 0.243 e. The number of nitrogens with one attached hydrogen (secondary N) is 2. The standard InChI is InChI=1S/C33H60N2O4/c36-27-23-19-15-11-7-3-1-5-9-13-17-21-25-32(38)34-30-29-31(30)35-33(39)26-22-18-14-10-6-2-4-8-12-16-20-24-28-37/h21-22,25-26,30-31,36-37H,1-20,23-24,27-29H2,(H,34,38)(H,35,39)/t30-,31+. The quantitative estimate of drug-likeness (QED) is 0.0622. The third-order valence-corrected chi connectivity index (χ3v) is 7.54. The monoisotopic (exact) mass is 548 g/mol. The Labute approximate surface area is 239 Å². The van der Waals surface area contributed by atoms with Crippen LogP contribution in [0.15, 0.2) is 24.3 Å². The molecule has 0 heterocycles. The highest BCUT2D eigenvalue weighted by Crippen LogP contribution is 2.21. The number of amides is 2. The lowest BCUT2D eigenvalue weighted by atomic mass is 10.1. The van der Waals surface area contributed by atoms with Gasteiger partial charge >= 0.3 is 0 Å². The van der Waals surface area contributed by atoms with Crippen LogP contribution in [0.2, 0.25) is 0 Å². The van der Waals surface area contributed by atoms with Crippen molar-refractivity contribution in [1.29, 1.82) is 0 Å². The first-order valence-electron chi connectivity index (χ1n) is 16.3. The fourth-order valence-electron chi connectivity index (χ4n) is 4.93. The van der Waals surface area contributed by atoms with E-state index in [2.05, 4.69) is 10.6 Å². The molecule has 0 aromatic rings. The summed E-state index contributed by atoms with van der Waals surface area (Å²) >= 11 is 0. The summed E-state index contributed by atoms with van der Waals surface area (Å²) in [6, 6.07) is 0.107. The van der Waals surface area contributed by atoms with Crippen LogP contribution < -0.4 is 10.6 Å². The van der Waals surface area contributed by atoms with Crippen molar-refractivity contribution in [1.82, 2.24) is 10.6 Å². The molecule has 0 aliphatic heterocycles. The molecule has 39 heavy (non-hydrogen) atoms. The summed E-state index contributed by atoms with van der Waals surface area (Å²) in [4.78, 5) is 24.2. The third kappa shape index (κ3) is 23.9. The number of allylic oxidation sites excluding steroid dienone is 2. The van der Waals surface area contributed by atoms with E-state index in [0.29, 0.717) is 13.2 Å². The van der Waals surface area contributed by atoms with Crippen LogP contribution in [0.5, 0.6) is 0 Å². The number of hydrogen-bond donors (Lipinski definition) is 4. The first kappa shape index (κ1) is 35.4. The first-order valence-corrected chi connectivity index (χ1v) is 16.3. The molecular weight excluding hydrogens is 488 g/mol. The van der Waals surface area contributed by atoms with Gasteiger partial charge in [0.15, 0.2) is 0 Å². The van der Waals surface area contributed by atoms with E-state index in [0.717, 1.165) is 57.8 Å². The molecule has 6 heteroatoms.